The summed E-state index contributed by atoms with van der Waals surface area (Å²) in [4.78, 5) is 54.5. The lowest BCUT2D eigenvalue weighted by molar-refractivity contribution is -0.120. The Morgan fingerprint density at radius 2 is 1.38 bits per heavy atom. The summed E-state index contributed by atoms with van der Waals surface area (Å²) >= 11 is 0. The van der Waals surface area contributed by atoms with E-state index in [0.717, 1.165) is 102 Å². The zero-order valence-electron chi connectivity index (χ0n) is 30.3. The number of fused-ring (bicyclic) bond motifs is 4. The van der Waals surface area contributed by atoms with E-state index in [1.54, 1.807) is 30.6 Å². The fraction of sp³-hybridized carbons (Fsp3) is 0.543. The van der Waals surface area contributed by atoms with Gasteiger partial charge in [0, 0.05) is 38.6 Å². The summed E-state index contributed by atoms with van der Waals surface area (Å²) in [5.74, 6) is 2.03. The van der Waals surface area contributed by atoms with Crippen LogP contribution in [0.25, 0.3) is 0 Å². The number of hydrogen-bond acceptors (Lipinski definition) is 12. The van der Waals surface area contributed by atoms with Crippen molar-refractivity contribution in [3.05, 3.63) is 69.4 Å². The molecule has 1 aliphatic carbocycles. The molecule has 0 saturated heterocycles. The normalized spacial score (nSPS) is 20.9. The minimum absolute atomic E-state index is 0.0108. The molecule has 0 atom stereocenters. The molecule has 2 amide bonds. The maximum absolute atomic E-state index is 12.0. The van der Waals surface area contributed by atoms with Crippen LogP contribution in [0.5, 0.6) is 0 Å². The molecule has 2 N–H and O–H groups in total. The highest BCUT2D eigenvalue weighted by Crippen LogP contribution is 2.42. The van der Waals surface area contributed by atoms with Gasteiger partial charge in [-0.3, -0.25) is 19.4 Å². The van der Waals surface area contributed by atoms with Gasteiger partial charge in [-0.05, 0) is 50.7 Å². The van der Waals surface area contributed by atoms with E-state index in [0.29, 0.717) is 26.3 Å². The molecule has 7 rings (SSSR count). The van der Waals surface area contributed by atoms with Crippen LogP contribution >= 0.6 is 0 Å². The number of allylic oxidation sites excluding steroid dienone is 2. The van der Waals surface area contributed by atoms with E-state index >= 15 is 0 Å². The molecular weight excluding hydrogens is 640 g/mol. The van der Waals surface area contributed by atoms with Crippen LogP contribution in [0.4, 0.5) is 4.79 Å². The predicted molar refractivity (Wildman–Crippen MR) is 189 cm³/mol. The Labute approximate surface area is 294 Å². The molecule has 0 radical (unpaired) electrons. The average Bonchev–Trinajstić information content (AvgIpc) is 3.68. The zero-order valence-corrected chi connectivity index (χ0v) is 30.3. The topological polar surface area (TPSA) is 132 Å². The summed E-state index contributed by atoms with van der Waals surface area (Å²) in [5, 5.41) is 16.4. The van der Waals surface area contributed by atoms with Gasteiger partial charge in [-0.2, -0.15) is 0 Å². The van der Waals surface area contributed by atoms with Crippen molar-refractivity contribution in [2.45, 2.75) is 72.8 Å². The molecule has 6 heterocycles. The van der Waals surface area contributed by atoms with Crippen molar-refractivity contribution in [3.8, 4) is 0 Å². The molecule has 1 fully saturated rings. The number of aliphatic imine (C=N–C) groups is 2. The fourth-order valence-electron chi connectivity index (χ4n) is 7.05. The molecule has 0 bridgehead atoms. The molecule has 270 valence electrons. The second kappa shape index (κ2) is 14.6. The molecule has 7 aliphatic rings. The summed E-state index contributed by atoms with van der Waals surface area (Å²) in [6.07, 6.45) is 10.9. The lowest BCUT2D eigenvalue weighted by atomic mass is 10.0. The Kier molecular flexibility index (Phi) is 10.3. The van der Waals surface area contributed by atoms with Gasteiger partial charge < -0.3 is 30.0 Å². The van der Waals surface area contributed by atoms with Crippen LogP contribution in [-0.4, -0.2) is 124 Å². The summed E-state index contributed by atoms with van der Waals surface area (Å²) in [6.45, 7) is 14.8. The fourth-order valence-corrected chi connectivity index (χ4v) is 7.05. The Morgan fingerprint density at radius 3 is 1.86 bits per heavy atom. The zero-order chi connectivity index (χ0) is 35.7. The SMILES string of the molecule is CCCN1CC(C)=C(N(C(=O)O)C2CC2)C2=C1N1CN(OC)C=C1C=N2.CCCN1CC(C)=C(NC(=O)CC)C2=C1N1CN(OC)C=C1C=N2. The molecule has 0 aromatic rings. The second-order valence-corrected chi connectivity index (χ2v) is 13.2. The molecule has 6 aliphatic heterocycles. The summed E-state index contributed by atoms with van der Waals surface area (Å²) in [5.41, 5.74) is 7.34. The van der Waals surface area contributed by atoms with Gasteiger partial charge in [-0.1, -0.05) is 20.8 Å². The van der Waals surface area contributed by atoms with Crippen molar-refractivity contribution in [1.29, 1.82) is 0 Å². The van der Waals surface area contributed by atoms with Crippen molar-refractivity contribution in [2.75, 3.05) is 53.7 Å². The van der Waals surface area contributed by atoms with Crippen LogP contribution in [0.15, 0.2) is 79.4 Å². The molecule has 15 heteroatoms. The van der Waals surface area contributed by atoms with Crippen molar-refractivity contribution < 1.29 is 24.4 Å². The molecule has 0 aromatic carbocycles. The first kappa shape index (κ1) is 35.1. The van der Waals surface area contributed by atoms with E-state index in [2.05, 4.69) is 50.7 Å². The van der Waals surface area contributed by atoms with Crippen LogP contribution in [0, 0.1) is 0 Å². The Bertz CT molecular complexity index is 1650. The molecule has 50 heavy (non-hydrogen) atoms. The summed E-state index contributed by atoms with van der Waals surface area (Å²) in [7, 11) is 3.30. The van der Waals surface area contributed by atoms with Crippen LogP contribution in [0.1, 0.15) is 66.7 Å². The predicted octanol–water partition coefficient (Wildman–Crippen LogP) is 4.10. The number of nitrogens with one attached hydrogen (secondary N) is 1. The van der Waals surface area contributed by atoms with Crippen LogP contribution in [0.2, 0.25) is 0 Å². The van der Waals surface area contributed by atoms with E-state index in [4.69, 9.17) is 14.7 Å². The molecule has 15 nitrogen and oxygen atoms in total. The molecule has 0 spiro atoms. The lowest BCUT2D eigenvalue weighted by Crippen LogP contribution is -2.45. The number of carbonyl (C=O) groups excluding carboxylic acids is 1. The first-order valence-electron chi connectivity index (χ1n) is 17.5. The number of carbonyl (C=O) groups is 2. The average molecular weight is 691 g/mol. The maximum Gasteiger partial charge on any atom is 0.412 e. The number of rotatable bonds is 10. The molecule has 1 saturated carbocycles. The van der Waals surface area contributed by atoms with Crippen LogP contribution in [0.3, 0.4) is 0 Å². The van der Waals surface area contributed by atoms with Crippen molar-refractivity contribution >= 4 is 24.4 Å². The van der Waals surface area contributed by atoms with E-state index < -0.39 is 6.09 Å². The Morgan fingerprint density at radius 1 is 0.860 bits per heavy atom. The van der Waals surface area contributed by atoms with Gasteiger partial charge in [0.25, 0.3) is 0 Å². The largest absolute Gasteiger partial charge is 0.465 e. The van der Waals surface area contributed by atoms with Gasteiger partial charge in [0.05, 0.1) is 61.8 Å². The van der Waals surface area contributed by atoms with Crippen molar-refractivity contribution in [3.63, 3.8) is 0 Å². The van der Waals surface area contributed by atoms with Gasteiger partial charge in [-0.25, -0.2) is 24.9 Å². The quantitative estimate of drug-likeness (QED) is 0.344. The molecule has 0 aromatic heterocycles. The number of hydrogen-bond donors (Lipinski definition) is 2. The minimum Gasteiger partial charge on any atom is -0.465 e. The van der Waals surface area contributed by atoms with Gasteiger partial charge in [0.1, 0.15) is 36.4 Å². The highest BCUT2D eigenvalue weighted by Gasteiger charge is 2.43. The highest BCUT2D eigenvalue weighted by atomic mass is 16.7. The number of nitrogens with zero attached hydrogens (tertiary/aromatic N) is 9. The number of hydroxylamine groups is 4. The van der Waals surface area contributed by atoms with E-state index in [1.165, 1.54) is 4.90 Å². The van der Waals surface area contributed by atoms with Crippen LogP contribution in [-0.2, 0) is 14.5 Å². The molecular formula is C35H50N10O5. The number of amides is 2. The molecule has 0 unspecified atom stereocenters. The van der Waals surface area contributed by atoms with Crippen molar-refractivity contribution in [2.24, 2.45) is 9.98 Å². The Balaban J connectivity index is 0.000000174. The highest BCUT2D eigenvalue weighted by molar-refractivity contribution is 5.84. The van der Waals surface area contributed by atoms with Gasteiger partial charge in [0.15, 0.2) is 0 Å². The minimum atomic E-state index is -0.894. The van der Waals surface area contributed by atoms with Crippen LogP contribution < -0.4 is 5.32 Å². The standard InChI is InChI=1S/C18H25N5O3.C17H25N5O2/c1-4-7-20-9-12(2)16(23(18(24)25)13-5-6-13)15-17(20)22-11-21(26-3)10-14(22)8-19-15;1-5-7-20-9-12(3)15(19-14(23)6-2)16-17(20)22-11-21(24-4)10-13(22)8-18-16/h8,10,13H,4-7,9,11H2,1-3H3,(H,24,25);8,10H,5-7,9,11H2,1-4H3,(H,19,23). The summed E-state index contributed by atoms with van der Waals surface area (Å²) < 4.78 is 0. The third kappa shape index (κ3) is 6.59. The third-order valence-electron chi connectivity index (χ3n) is 9.47. The van der Waals surface area contributed by atoms with Crippen molar-refractivity contribution in [1.82, 2.24) is 39.9 Å². The maximum atomic E-state index is 12.0. The van der Waals surface area contributed by atoms with E-state index in [9.17, 15) is 14.7 Å². The van der Waals surface area contributed by atoms with Gasteiger partial charge >= 0.3 is 6.09 Å². The second-order valence-electron chi connectivity index (χ2n) is 13.2. The van der Waals surface area contributed by atoms with Gasteiger partial charge in [-0.15, -0.1) is 0 Å². The lowest BCUT2D eigenvalue weighted by Gasteiger charge is -2.42. The summed E-state index contributed by atoms with van der Waals surface area (Å²) in [6, 6.07) is 0.0742. The first-order valence-corrected chi connectivity index (χ1v) is 17.5. The smallest absolute Gasteiger partial charge is 0.412 e. The van der Waals surface area contributed by atoms with Gasteiger partial charge in [0.2, 0.25) is 5.91 Å². The Hall–Kier alpha value is -4.76. The number of carboxylic acid groups (broad SMARTS) is 1. The van der Waals surface area contributed by atoms with E-state index in [1.807, 2.05) is 32.5 Å². The monoisotopic (exact) mass is 690 g/mol. The van der Waals surface area contributed by atoms with E-state index in [-0.39, 0.29) is 11.9 Å². The third-order valence-corrected chi connectivity index (χ3v) is 9.47. The first-order chi connectivity index (χ1) is 24.1.